The molecule has 0 saturated heterocycles. The minimum absolute atomic E-state index is 0.453. The maximum absolute atomic E-state index is 12.6. The van der Waals surface area contributed by atoms with E-state index in [0.717, 1.165) is 12.1 Å². The number of ketones is 1. The zero-order chi connectivity index (χ0) is 10.0. The topological polar surface area (TPSA) is 37.3 Å². The number of carbonyl (C=O) groups excluding carboxylic acids is 1. The Hall–Kier alpha value is -1.52. The van der Waals surface area contributed by atoms with E-state index >= 15 is 0 Å². The number of rotatable bonds is 2. The summed E-state index contributed by atoms with van der Waals surface area (Å²) in [6.07, 6.45) is -3.16. The van der Waals surface area contributed by atoms with Gasteiger partial charge >= 0.3 is 6.43 Å². The van der Waals surface area contributed by atoms with Gasteiger partial charge in [0.25, 0.3) is 0 Å². The fraction of sp³-hybridized carbons (Fsp3) is 0.125. The largest absolute Gasteiger partial charge is 0.505 e. The smallest absolute Gasteiger partial charge is 0.300 e. The van der Waals surface area contributed by atoms with Crippen LogP contribution in [-0.2, 0) is 0 Å². The highest BCUT2D eigenvalue weighted by Crippen LogP contribution is 2.17. The van der Waals surface area contributed by atoms with E-state index < -0.39 is 29.3 Å². The summed E-state index contributed by atoms with van der Waals surface area (Å²) in [4.78, 5) is 10.6. The van der Waals surface area contributed by atoms with Gasteiger partial charge < -0.3 is 5.11 Å². The molecule has 0 aromatic heterocycles. The first-order valence-electron chi connectivity index (χ1n) is 3.33. The van der Waals surface area contributed by atoms with E-state index in [2.05, 4.69) is 0 Å². The Bertz CT molecular complexity index is 336. The molecule has 13 heavy (non-hydrogen) atoms. The molecule has 1 N–H and O–H groups in total. The first-order valence-corrected chi connectivity index (χ1v) is 3.33. The predicted octanol–water partition coefficient (Wildman–Crippen LogP) is 1.98. The van der Waals surface area contributed by atoms with Crippen molar-refractivity contribution in [2.45, 2.75) is 6.43 Å². The summed E-state index contributed by atoms with van der Waals surface area (Å²) in [5.41, 5.74) is -0.453. The van der Waals surface area contributed by atoms with Crippen molar-refractivity contribution >= 4 is 5.78 Å². The normalized spacial score (nSPS) is 10.5. The van der Waals surface area contributed by atoms with Crippen LogP contribution in [0.4, 0.5) is 13.2 Å². The fourth-order valence-electron chi connectivity index (χ4n) is 0.786. The molecule has 0 aliphatic carbocycles. The summed E-state index contributed by atoms with van der Waals surface area (Å²) in [6.45, 7) is 0. The van der Waals surface area contributed by atoms with Gasteiger partial charge in [0, 0.05) is 5.56 Å². The molecule has 0 saturated carbocycles. The number of Topliss-reactive ketones (excluding diaryl/α,β-unsaturated/α-hetero) is 1. The first-order chi connectivity index (χ1) is 6.02. The maximum atomic E-state index is 12.6. The van der Waals surface area contributed by atoms with Crippen LogP contribution in [0.25, 0.3) is 0 Å². The quantitative estimate of drug-likeness (QED) is 0.724. The number of carbonyl (C=O) groups is 1. The minimum Gasteiger partial charge on any atom is -0.505 e. The van der Waals surface area contributed by atoms with Crippen LogP contribution in [0.2, 0.25) is 0 Å². The minimum atomic E-state index is -3.16. The summed E-state index contributed by atoms with van der Waals surface area (Å²) in [7, 11) is 0. The summed E-state index contributed by atoms with van der Waals surface area (Å²) in [5, 5.41) is 8.69. The molecule has 0 amide bonds. The van der Waals surface area contributed by atoms with Crippen molar-refractivity contribution in [3.05, 3.63) is 29.6 Å². The van der Waals surface area contributed by atoms with Gasteiger partial charge in [-0.1, -0.05) is 0 Å². The number of hydrogen-bond acceptors (Lipinski definition) is 2. The molecule has 70 valence electrons. The lowest BCUT2D eigenvalue weighted by Crippen LogP contribution is -2.10. The molecule has 0 atom stereocenters. The molecule has 0 unspecified atom stereocenters. The van der Waals surface area contributed by atoms with Crippen molar-refractivity contribution in [1.29, 1.82) is 0 Å². The Balaban J connectivity index is 3.04. The van der Waals surface area contributed by atoms with Gasteiger partial charge in [-0.2, -0.15) is 0 Å². The number of halogens is 3. The number of phenols is 1. The summed E-state index contributed by atoms with van der Waals surface area (Å²) in [5.74, 6) is -3.23. The van der Waals surface area contributed by atoms with Crippen molar-refractivity contribution in [2.75, 3.05) is 0 Å². The Morgan fingerprint density at radius 3 is 2.46 bits per heavy atom. The molecule has 1 aromatic rings. The highest BCUT2D eigenvalue weighted by molar-refractivity contribution is 5.98. The molecule has 0 bridgehead atoms. The number of hydrogen-bond donors (Lipinski definition) is 1. The Morgan fingerprint density at radius 2 is 2.00 bits per heavy atom. The molecular weight excluding hydrogens is 185 g/mol. The van der Waals surface area contributed by atoms with Crippen LogP contribution in [-0.4, -0.2) is 17.3 Å². The van der Waals surface area contributed by atoms with E-state index in [4.69, 9.17) is 5.11 Å². The summed E-state index contributed by atoms with van der Waals surface area (Å²) >= 11 is 0. The van der Waals surface area contributed by atoms with Crippen LogP contribution in [0.5, 0.6) is 5.75 Å². The van der Waals surface area contributed by atoms with Crippen LogP contribution in [0, 0.1) is 5.82 Å². The molecule has 0 spiro atoms. The van der Waals surface area contributed by atoms with E-state index in [1.165, 1.54) is 0 Å². The Kier molecular flexibility index (Phi) is 2.55. The maximum Gasteiger partial charge on any atom is 0.300 e. The van der Waals surface area contributed by atoms with Gasteiger partial charge in [-0.15, -0.1) is 0 Å². The monoisotopic (exact) mass is 190 g/mol. The van der Waals surface area contributed by atoms with E-state index in [1.54, 1.807) is 0 Å². The van der Waals surface area contributed by atoms with Gasteiger partial charge in [-0.3, -0.25) is 4.79 Å². The van der Waals surface area contributed by atoms with Crippen molar-refractivity contribution < 1.29 is 23.1 Å². The van der Waals surface area contributed by atoms with Gasteiger partial charge in [0.05, 0.1) is 0 Å². The number of alkyl halides is 2. The lowest BCUT2D eigenvalue weighted by molar-refractivity contribution is 0.0678. The molecule has 5 heteroatoms. The average Bonchev–Trinajstić information content (AvgIpc) is 2.08. The van der Waals surface area contributed by atoms with E-state index in [0.29, 0.717) is 6.07 Å². The number of phenolic OH excluding ortho intramolecular Hbond substituents is 1. The third-order valence-electron chi connectivity index (χ3n) is 1.43. The van der Waals surface area contributed by atoms with Gasteiger partial charge in [-0.05, 0) is 18.2 Å². The van der Waals surface area contributed by atoms with Gasteiger partial charge in [0.2, 0.25) is 5.78 Å². The zero-order valence-electron chi connectivity index (χ0n) is 6.30. The van der Waals surface area contributed by atoms with Gasteiger partial charge in [0.1, 0.15) is 0 Å². The Morgan fingerprint density at radius 1 is 1.38 bits per heavy atom. The van der Waals surface area contributed by atoms with Crippen molar-refractivity contribution in [3.63, 3.8) is 0 Å². The van der Waals surface area contributed by atoms with Crippen molar-refractivity contribution in [3.8, 4) is 5.75 Å². The molecule has 0 aliphatic heterocycles. The lowest BCUT2D eigenvalue weighted by Gasteiger charge is -2.00. The van der Waals surface area contributed by atoms with Crippen molar-refractivity contribution in [1.82, 2.24) is 0 Å². The summed E-state index contributed by atoms with van der Waals surface area (Å²) in [6, 6.07) is 2.36. The lowest BCUT2D eigenvalue weighted by atomic mass is 10.1. The van der Waals surface area contributed by atoms with E-state index in [1.807, 2.05) is 0 Å². The highest BCUT2D eigenvalue weighted by atomic mass is 19.3. The van der Waals surface area contributed by atoms with Crippen LogP contribution >= 0.6 is 0 Å². The molecule has 2 nitrogen and oxygen atoms in total. The highest BCUT2D eigenvalue weighted by Gasteiger charge is 2.18. The molecule has 0 radical (unpaired) electrons. The first kappa shape index (κ1) is 9.57. The van der Waals surface area contributed by atoms with Crippen LogP contribution < -0.4 is 0 Å². The van der Waals surface area contributed by atoms with Crippen LogP contribution in [0.15, 0.2) is 18.2 Å². The standard InChI is InChI=1S/C8H5F3O2/c9-5-3-4(1-2-6(5)12)7(13)8(10)11/h1-3,8,12H. The van der Waals surface area contributed by atoms with Gasteiger partial charge in [0.15, 0.2) is 11.6 Å². The molecule has 1 rings (SSSR count). The Labute approximate surface area is 71.6 Å². The van der Waals surface area contributed by atoms with Crippen LogP contribution in [0.1, 0.15) is 10.4 Å². The molecular formula is C8H5F3O2. The van der Waals surface area contributed by atoms with Crippen LogP contribution in [0.3, 0.4) is 0 Å². The molecule has 0 heterocycles. The second-order valence-corrected chi connectivity index (χ2v) is 2.33. The fourth-order valence-corrected chi connectivity index (χ4v) is 0.786. The molecule has 1 aromatic carbocycles. The predicted molar refractivity (Wildman–Crippen MR) is 38.4 cm³/mol. The summed E-state index contributed by atoms with van der Waals surface area (Å²) < 4.78 is 36.2. The average molecular weight is 190 g/mol. The zero-order valence-corrected chi connectivity index (χ0v) is 6.30. The second-order valence-electron chi connectivity index (χ2n) is 2.33. The third kappa shape index (κ3) is 1.99. The molecule has 0 aliphatic rings. The third-order valence-corrected chi connectivity index (χ3v) is 1.43. The van der Waals surface area contributed by atoms with E-state index in [9.17, 15) is 18.0 Å². The SMILES string of the molecule is O=C(c1ccc(O)c(F)c1)C(F)F. The van der Waals surface area contributed by atoms with E-state index in [-0.39, 0.29) is 0 Å². The number of benzene rings is 1. The van der Waals surface area contributed by atoms with Gasteiger partial charge in [-0.25, -0.2) is 13.2 Å². The second kappa shape index (κ2) is 3.47. The van der Waals surface area contributed by atoms with Crippen molar-refractivity contribution in [2.24, 2.45) is 0 Å². The molecule has 0 fully saturated rings. The number of aromatic hydroxyl groups is 1.